The van der Waals surface area contributed by atoms with E-state index >= 15 is 0 Å². The van der Waals surface area contributed by atoms with Crippen LogP contribution >= 0.6 is 0 Å². The van der Waals surface area contributed by atoms with Gasteiger partial charge in [0.05, 0.1) is 17.4 Å². The molecule has 0 radical (unpaired) electrons. The van der Waals surface area contributed by atoms with Gasteiger partial charge in [0, 0.05) is 5.69 Å². The number of aromatic nitrogens is 5. The lowest BCUT2D eigenvalue weighted by molar-refractivity contribution is 0.0697. The number of carboxylic acid groups (broad SMARTS) is 1. The van der Waals surface area contributed by atoms with Crippen LogP contribution in [0.2, 0.25) is 0 Å². The molecular formula is C17H11FN6O2. The normalized spacial score (nSPS) is 10.8. The predicted octanol–water partition coefficient (Wildman–Crippen LogP) is 2.79. The van der Waals surface area contributed by atoms with Crippen molar-refractivity contribution >= 4 is 28.8 Å². The van der Waals surface area contributed by atoms with Crippen LogP contribution in [0.15, 0.2) is 54.7 Å². The topological polar surface area (TPSA) is 106 Å². The van der Waals surface area contributed by atoms with Gasteiger partial charge in [0.2, 0.25) is 5.95 Å². The third-order valence-electron chi connectivity index (χ3n) is 3.61. The van der Waals surface area contributed by atoms with Gasteiger partial charge in [-0.15, -0.1) is 5.10 Å². The van der Waals surface area contributed by atoms with Crippen molar-refractivity contribution in [2.45, 2.75) is 0 Å². The van der Waals surface area contributed by atoms with E-state index < -0.39 is 11.8 Å². The molecule has 26 heavy (non-hydrogen) atoms. The number of fused-ring (bicyclic) bond motifs is 1. The van der Waals surface area contributed by atoms with Crippen LogP contribution < -0.4 is 5.32 Å². The Hall–Kier alpha value is -3.88. The minimum absolute atomic E-state index is 0.141. The van der Waals surface area contributed by atoms with Gasteiger partial charge in [0.25, 0.3) is 0 Å². The lowest BCUT2D eigenvalue weighted by Crippen LogP contribution is -2.02. The van der Waals surface area contributed by atoms with Crippen molar-refractivity contribution in [2.75, 3.05) is 5.32 Å². The summed E-state index contributed by atoms with van der Waals surface area (Å²) in [7, 11) is 0. The molecule has 0 spiro atoms. The van der Waals surface area contributed by atoms with E-state index in [2.05, 4.69) is 25.6 Å². The van der Waals surface area contributed by atoms with Crippen molar-refractivity contribution in [3.05, 3.63) is 66.1 Å². The number of hydrogen-bond acceptors (Lipinski definition) is 6. The highest BCUT2D eigenvalue weighted by Crippen LogP contribution is 2.19. The lowest BCUT2D eigenvalue weighted by Gasteiger charge is -2.06. The summed E-state index contributed by atoms with van der Waals surface area (Å²) >= 11 is 0. The first kappa shape index (κ1) is 15.6. The Morgan fingerprint density at radius 2 is 2.00 bits per heavy atom. The van der Waals surface area contributed by atoms with Gasteiger partial charge in [-0.2, -0.15) is 9.67 Å². The van der Waals surface area contributed by atoms with Crippen molar-refractivity contribution in [3.8, 4) is 5.69 Å². The van der Waals surface area contributed by atoms with E-state index in [4.69, 9.17) is 5.11 Å². The van der Waals surface area contributed by atoms with Gasteiger partial charge in [-0.3, -0.25) is 0 Å². The Morgan fingerprint density at radius 1 is 1.15 bits per heavy atom. The molecule has 0 bridgehead atoms. The highest BCUT2D eigenvalue weighted by molar-refractivity contribution is 5.89. The number of hydrogen-bond donors (Lipinski definition) is 2. The molecule has 9 heteroatoms. The van der Waals surface area contributed by atoms with Crippen molar-refractivity contribution in [2.24, 2.45) is 0 Å². The van der Waals surface area contributed by atoms with E-state index in [1.54, 1.807) is 24.3 Å². The maximum absolute atomic E-state index is 13.5. The zero-order valence-electron chi connectivity index (χ0n) is 13.2. The van der Waals surface area contributed by atoms with Gasteiger partial charge in [0.1, 0.15) is 5.82 Å². The second-order valence-electron chi connectivity index (χ2n) is 5.39. The molecule has 4 rings (SSSR count). The van der Waals surface area contributed by atoms with Crippen LogP contribution in [-0.2, 0) is 0 Å². The van der Waals surface area contributed by atoms with Crippen LogP contribution in [0.1, 0.15) is 10.4 Å². The van der Waals surface area contributed by atoms with Crippen LogP contribution in [0.25, 0.3) is 16.9 Å². The molecule has 0 aliphatic rings. The number of nitrogens with zero attached hydrogens (tertiary/aromatic N) is 5. The minimum Gasteiger partial charge on any atom is -0.478 e. The Morgan fingerprint density at radius 3 is 2.81 bits per heavy atom. The van der Waals surface area contributed by atoms with Crippen molar-refractivity contribution < 1.29 is 14.3 Å². The molecule has 0 aliphatic carbocycles. The highest BCUT2D eigenvalue weighted by Gasteiger charge is 2.11. The molecule has 2 heterocycles. The molecule has 2 N–H and O–H groups in total. The zero-order valence-corrected chi connectivity index (χ0v) is 13.2. The molecule has 2 aromatic carbocycles. The standard InChI is InChI=1S/C17H11FN6O2/c18-11-4-2-6-13(8-11)24-15-14(22-23-24)9-19-17(21-15)20-12-5-1-3-10(7-12)16(25)26/h1-9H,(H,25,26)(H,19,20,21). The molecule has 2 aromatic heterocycles. The van der Waals surface area contributed by atoms with Crippen LogP contribution in [0, 0.1) is 5.82 Å². The summed E-state index contributed by atoms with van der Waals surface area (Å²) in [5.74, 6) is -1.19. The fourth-order valence-corrected chi connectivity index (χ4v) is 2.43. The zero-order chi connectivity index (χ0) is 18.1. The summed E-state index contributed by atoms with van der Waals surface area (Å²) in [4.78, 5) is 19.6. The second kappa shape index (κ2) is 6.20. The molecular weight excluding hydrogens is 339 g/mol. The van der Waals surface area contributed by atoms with Crippen LogP contribution in [0.3, 0.4) is 0 Å². The highest BCUT2D eigenvalue weighted by atomic mass is 19.1. The maximum atomic E-state index is 13.5. The van der Waals surface area contributed by atoms with E-state index in [1.807, 2.05) is 0 Å². The monoisotopic (exact) mass is 350 g/mol. The van der Waals surface area contributed by atoms with E-state index in [9.17, 15) is 9.18 Å². The first-order valence-corrected chi connectivity index (χ1v) is 7.55. The first-order chi connectivity index (χ1) is 12.6. The van der Waals surface area contributed by atoms with Crippen LogP contribution in [0.5, 0.6) is 0 Å². The third kappa shape index (κ3) is 2.93. The molecule has 4 aromatic rings. The number of aromatic carboxylic acids is 1. The summed E-state index contributed by atoms with van der Waals surface area (Å²) in [5, 5.41) is 20.0. The summed E-state index contributed by atoms with van der Waals surface area (Å²) in [6, 6.07) is 12.2. The number of halogens is 1. The number of anilines is 2. The molecule has 0 atom stereocenters. The molecule has 0 saturated carbocycles. The molecule has 0 unspecified atom stereocenters. The van der Waals surface area contributed by atoms with Gasteiger partial charge in [-0.25, -0.2) is 14.2 Å². The molecule has 8 nitrogen and oxygen atoms in total. The van der Waals surface area contributed by atoms with Crippen molar-refractivity contribution in [1.82, 2.24) is 25.0 Å². The van der Waals surface area contributed by atoms with E-state index in [0.29, 0.717) is 22.5 Å². The summed E-state index contributed by atoms with van der Waals surface area (Å²) in [6.45, 7) is 0. The quantitative estimate of drug-likeness (QED) is 0.583. The lowest BCUT2D eigenvalue weighted by atomic mass is 10.2. The maximum Gasteiger partial charge on any atom is 0.335 e. The number of rotatable bonds is 4. The first-order valence-electron chi connectivity index (χ1n) is 7.55. The van der Waals surface area contributed by atoms with Crippen molar-refractivity contribution in [1.29, 1.82) is 0 Å². The van der Waals surface area contributed by atoms with Gasteiger partial charge >= 0.3 is 5.97 Å². The van der Waals surface area contributed by atoms with Gasteiger partial charge < -0.3 is 10.4 Å². The number of carbonyl (C=O) groups is 1. The Balaban J connectivity index is 1.72. The molecule has 0 fully saturated rings. The second-order valence-corrected chi connectivity index (χ2v) is 5.39. The smallest absolute Gasteiger partial charge is 0.335 e. The largest absolute Gasteiger partial charge is 0.478 e. The molecule has 0 saturated heterocycles. The van der Waals surface area contributed by atoms with E-state index in [-0.39, 0.29) is 11.5 Å². The van der Waals surface area contributed by atoms with Crippen molar-refractivity contribution in [3.63, 3.8) is 0 Å². The van der Waals surface area contributed by atoms with E-state index in [0.717, 1.165) is 0 Å². The SMILES string of the molecule is O=C(O)c1cccc(Nc2ncc3nnn(-c4cccc(F)c4)c3n2)c1. The number of benzene rings is 2. The fraction of sp³-hybridized carbons (Fsp3) is 0. The molecule has 0 aliphatic heterocycles. The average Bonchev–Trinajstić information content (AvgIpc) is 3.05. The third-order valence-corrected chi connectivity index (χ3v) is 3.61. The van der Waals surface area contributed by atoms with Gasteiger partial charge in [-0.1, -0.05) is 17.3 Å². The summed E-state index contributed by atoms with van der Waals surface area (Å²) in [6.07, 6.45) is 1.48. The Labute approximate surface area is 145 Å². The Kier molecular flexibility index (Phi) is 3.73. The van der Waals surface area contributed by atoms with Crippen LogP contribution in [0.4, 0.5) is 16.0 Å². The summed E-state index contributed by atoms with van der Waals surface area (Å²) in [5.41, 5.74) is 1.98. The number of nitrogens with one attached hydrogen (secondary N) is 1. The minimum atomic E-state index is -1.03. The van der Waals surface area contributed by atoms with Crippen LogP contribution in [-0.4, -0.2) is 36.0 Å². The van der Waals surface area contributed by atoms with E-state index in [1.165, 1.54) is 35.1 Å². The molecule has 0 amide bonds. The fourth-order valence-electron chi connectivity index (χ4n) is 2.43. The predicted molar refractivity (Wildman–Crippen MR) is 91.1 cm³/mol. The Bertz CT molecular complexity index is 1130. The van der Waals surface area contributed by atoms with Gasteiger partial charge in [0.15, 0.2) is 11.2 Å². The summed E-state index contributed by atoms with van der Waals surface area (Å²) < 4.78 is 14.9. The van der Waals surface area contributed by atoms with Gasteiger partial charge in [-0.05, 0) is 36.4 Å². The molecule has 128 valence electrons. The number of carboxylic acids is 1. The average molecular weight is 350 g/mol.